The van der Waals surface area contributed by atoms with Crippen LogP contribution in [-0.2, 0) is 9.59 Å². The van der Waals surface area contributed by atoms with Gasteiger partial charge in [-0.05, 0) is 19.3 Å². The highest BCUT2D eigenvalue weighted by atomic mass is 16.1. The Morgan fingerprint density at radius 3 is 1.90 bits per heavy atom. The van der Waals surface area contributed by atoms with E-state index >= 15 is 0 Å². The fourth-order valence-electron chi connectivity index (χ4n) is 2.36. The molecule has 0 radical (unpaired) electrons. The van der Waals surface area contributed by atoms with Gasteiger partial charge in [0.05, 0.1) is 0 Å². The third kappa shape index (κ3) is 15.3. The number of hydrogen-bond donors (Lipinski definition) is 1. The smallest absolute Gasteiger partial charge is 0.220 e. The molecule has 0 atom stereocenters. The first kappa shape index (κ1) is 20.1. The van der Waals surface area contributed by atoms with Gasteiger partial charge in [-0.3, -0.25) is 9.59 Å². The van der Waals surface area contributed by atoms with Crippen molar-refractivity contribution in [1.82, 2.24) is 5.32 Å². The molecule has 0 aromatic heterocycles. The third-order valence-electron chi connectivity index (χ3n) is 3.77. The largest absolute Gasteiger partial charge is 0.356 e. The summed E-state index contributed by atoms with van der Waals surface area (Å²) in [6.07, 6.45) is 13.1. The van der Waals surface area contributed by atoms with Crippen molar-refractivity contribution in [3.05, 3.63) is 0 Å². The van der Waals surface area contributed by atoms with E-state index in [4.69, 9.17) is 0 Å². The number of unbranched alkanes of at least 4 members (excludes halogenated alkanes) is 7. The minimum absolute atomic E-state index is 0.0993. The average molecular weight is 297 g/mol. The van der Waals surface area contributed by atoms with E-state index in [1.807, 2.05) is 0 Å². The van der Waals surface area contributed by atoms with E-state index in [0.717, 1.165) is 25.8 Å². The van der Waals surface area contributed by atoms with Crippen LogP contribution in [0.1, 0.15) is 97.3 Å². The summed E-state index contributed by atoms with van der Waals surface area (Å²) >= 11 is 0. The van der Waals surface area contributed by atoms with Crippen LogP contribution in [0.2, 0.25) is 0 Å². The van der Waals surface area contributed by atoms with Crippen LogP contribution in [0.3, 0.4) is 0 Å². The lowest BCUT2D eigenvalue weighted by atomic mass is 10.1. The summed E-state index contributed by atoms with van der Waals surface area (Å²) in [5.41, 5.74) is 0. The van der Waals surface area contributed by atoms with E-state index in [1.165, 1.54) is 38.5 Å². The zero-order chi connectivity index (χ0) is 15.8. The molecule has 0 heterocycles. The van der Waals surface area contributed by atoms with Crippen molar-refractivity contribution < 1.29 is 9.59 Å². The van der Waals surface area contributed by atoms with E-state index in [2.05, 4.69) is 19.2 Å². The highest BCUT2D eigenvalue weighted by Crippen LogP contribution is 2.08. The molecule has 1 N–H and O–H groups in total. The lowest BCUT2D eigenvalue weighted by molar-refractivity contribution is -0.121. The van der Waals surface area contributed by atoms with Crippen molar-refractivity contribution >= 4 is 11.7 Å². The summed E-state index contributed by atoms with van der Waals surface area (Å²) in [5, 5.41) is 2.93. The Morgan fingerprint density at radius 1 is 0.667 bits per heavy atom. The lowest BCUT2D eigenvalue weighted by Gasteiger charge is -2.05. The Labute approximate surface area is 131 Å². The summed E-state index contributed by atoms with van der Waals surface area (Å²) in [6, 6.07) is 0. The van der Waals surface area contributed by atoms with Gasteiger partial charge in [0.2, 0.25) is 5.91 Å². The lowest BCUT2D eigenvalue weighted by Crippen LogP contribution is -2.24. The van der Waals surface area contributed by atoms with Crippen LogP contribution >= 0.6 is 0 Å². The van der Waals surface area contributed by atoms with E-state index in [-0.39, 0.29) is 5.91 Å². The molecule has 0 aliphatic rings. The zero-order valence-electron chi connectivity index (χ0n) is 14.2. The number of nitrogens with one attached hydrogen (secondary N) is 1. The highest BCUT2D eigenvalue weighted by Gasteiger charge is 2.05. The minimum atomic E-state index is 0.0993. The first-order valence-corrected chi connectivity index (χ1v) is 8.99. The molecule has 0 unspecified atom stereocenters. The van der Waals surface area contributed by atoms with Gasteiger partial charge in [-0.1, -0.05) is 58.8 Å². The van der Waals surface area contributed by atoms with E-state index < -0.39 is 0 Å². The molecule has 0 saturated carbocycles. The van der Waals surface area contributed by atoms with Gasteiger partial charge in [-0.25, -0.2) is 0 Å². The molecule has 0 fully saturated rings. The normalized spacial score (nSPS) is 10.6. The van der Waals surface area contributed by atoms with Crippen LogP contribution in [0.5, 0.6) is 0 Å². The van der Waals surface area contributed by atoms with Gasteiger partial charge >= 0.3 is 0 Å². The summed E-state index contributed by atoms with van der Waals surface area (Å²) < 4.78 is 0. The molecule has 3 nitrogen and oxygen atoms in total. The minimum Gasteiger partial charge on any atom is -0.356 e. The number of ketones is 1. The van der Waals surface area contributed by atoms with E-state index in [0.29, 0.717) is 31.5 Å². The Balaban J connectivity index is 3.34. The van der Waals surface area contributed by atoms with Gasteiger partial charge in [0.15, 0.2) is 0 Å². The quantitative estimate of drug-likeness (QED) is 0.442. The molecule has 0 aliphatic carbocycles. The van der Waals surface area contributed by atoms with Crippen LogP contribution < -0.4 is 5.32 Å². The van der Waals surface area contributed by atoms with Crippen molar-refractivity contribution in [1.29, 1.82) is 0 Å². The van der Waals surface area contributed by atoms with Gasteiger partial charge in [-0.2, -0.15) is 0 Å². The summed E-state index contributed by atoms with van der Waals surface area (Å²) in [5.74, 6) is 0.421. The molecule has 3 heteroatoms. The number of Topliss-reactive ketones (excluding diaryl/α,β-unsaturated/α-hetero) is 1. The number of hydrogen-bond acceptors (Lipinski definition) is 2. The van der Waals surface area contributed by atoms with Gasteiger partial charge in [0, 0.05) is 25.8 Å². The predicted octanol–water partition coefficient (Wildman–Crippen LogP) is 4.78. The van der Waals surface area contributed by atoms with Gasteiger partial charge in [0.1, 0.15) is 5.78 Å². The predicted molar refractivity (Wildman–Crippen MR) is 89.4 cm³/mol. The maximum absolute atomic E-state index is 11.7. The van der Waals surface area contributed by atoms with Gasteiger partial charge in [0.25, 0.3) is 0 Å². The molecule has 0 rings (SSSR count). The van der Waals surface area contributed by atoms with E-state index in [1.54, 1.807) is 0 Å². The van der Waals surface area contributed by atoms with Gasteiger partial charge < -0.3 is 5.32 Å². The second-order valence-corrected chi connectivity index (χ2v) is 5.97. The molecular weight excluding hydrogens is 262 g/mol. The molecule has 0 aromatic carbocycles. The van der Waals surface area contributed by atoms with Gasteiger partial charge in [-0.15, -0.1) is 0 Å². The fourth-order valence-corrected chi connectivity index (χ4v) is 2.36. The molecule has 0 aromatic rings. The van der Waals surface area contributed by atoms with Crippen molar-refractivity contribution in [3.63, 3.8) is 0 Å². The van der Waals surface area contributed by atoms with Crippen molar-refractivity contribution in [3.8, 4) is 0 Å². The Bertz CT molecular complexity index is 238. The SMILES string of the molecule is CCCCCCCC(=O)CCCC(=O)NCCCCCC. The van der Waals surface area contributed by atoms with Crippen molar-refractivity contribution in [2.75, 3.05) is 6.54 Å². The van der Waals surface area contributed by atoms with E-state index in [9.17, 15) is 9.59 Å². The van der Waals surface area contributed by atoms with Crippen LogP contribution in [0.15, 0.2) is 0 Å². The molecule has 1 amide bonds. The standard InChI is InChI=1S/C18H35NO2/c1-3-5-7-9-10-13-17(20)14-12-15-18(21)19-16-11-8-6-4-2/h3-16H2,1-2H3,(H,19,21). The fraction of sp³-hybridized carbons (Fsp3) is 0.889. The summed E-state index contributed by atoms with van der Waals surface area (Å²) in [6.45, 7) is 5.16. The van der Waals surface area contributed by atoms with Crippen LogP contribution in [0.25, 0.3) is 0 Å². The Kier molecular flexibility index (Phi) is 14.9. The molecule has 21 heavy (non-hydrogen) atoms. The van der Waals surface area contributed by atoms with Crippen LogP contribution in [-0.4, -0.2) is 18.2 Å². The highest BCUT2D eigenvalue weighted by molar-refractivity contribution is 5.80. The first-order valence-electron chi connectivity index (χ1n) is 8.99. The summed E-state index contributed by atoms with van der Waals surface area (Å²) in [4.78, 5) is 23.2. The number of rotatable bonds is 15. The Hall–Kier alpha value is -0.860. The molecule has 0 aliphatic heterocycles. The first-order chi connectivity index (χ1) is 10.2. The van der Waals surface area contributed by atoms with Crippen molar-refractivity contribution in [2.24, 2.45) is 0 Å². The zero-order valence-corrected chi connectivity index (χ0v) is 14.2. The second kappa shape index (κ2) is 15.5. The molecular formula is C18H35NO2. The average Bonchev–Trinajstić information content (AvgIpc) is 2.47. The number of carbonyl (C=O) groups excluding carboxylic acids is 2. The molecule has 124 valence electrons. The maximum Gasteiger partial charge on any atom is 0.220 e. The molecule has 0 spiro atoms. The second-order valence-electron chi connectivity index (χ2n) is 5.97. The van der Waals surface area contributed by atoms with Crippen LogP contribution in [0.4, 0.5) is 0 Å². The Morgan fingerprint density at radius 2 is 1.24 bits per heavy atom. The topological polar surface area (TPSA) is 46.2 Å². The van der Waals surface area contributed by atoms with Crippen molar-refractivity contribution in [2.45, 2.75) is 97.3 Å². The summed E-state index contributed by atoms with van der Waals surface area (Å²) in [7, 11) is 0. The monoisotopic (exact) mass is 297 g/mol. The number of carbonyl (C=O) groups is 2. The molecule has 0 saturated heterocycles. The molecule has 0 bridgehead atoms. The third-order valence-corrected chi connectivity index (χ3v) is 3.77. The maximum atomic E-state index is 11.7. The van der Waals surface area contributed by atoms with Crippen LogP contribution in [0, 0.1) is 0 Å². The number of amides is 1.